The van der Waals surface area contributed by atoms with Crippen molar-refractivity contribution in [2.75, 3.05) is 22.7 Å². The fourth-order valence-corrected chi connectivity index (χ4v) is 5.52. The lowest BCUT2D eigenvalue weighted by molar-refractivity contribution is -0.192. The predicted molar refractivity (Wildman–Crippen MR) is 144 cm³/mol. The van der Waals surface area contributed by atoms with E-state index in [4.69, 9.17) is 9.90 Å². The molecule has 0 radical (unpaired) electrons. The van der Waals surface area contributed by atoms with Crippen LogP contribution in [-0.4, -0.2) is 49.8 Å². The molecule has 0 aromatic heterocycles. The second-order valence-electron chi connectivity index (χ2n) is 9.38. The van der Waals surface area contributed by atoms with Crippen LogP contribution in [-0.2, 0) is 21.2 Å². The van der Waals surface area contributed by atoms with E-state index in [0.717, 1.165) is 37.9 Å². The molecule has 0 aliphatic carbocycles. The predicted octanol–water partition coefficient (Wildman–Crippen LogP) is 5.59. The first-order valence-corrected chi connectivity index (χ1v) is 13.8. The molecular formula is C28H29F3N2O6S. The molecule has 4 rings (SSSR count). The van der Waals surface area contributed by atoms with Gasteiger partial charge in [-0.2, -0.15) is 13.2 Å². The third kappa shape index (κ3) is 8.47. The number of sulfonamides is 1. The molecule has 3 N–H and O–H groups in total. The Morgan fingerprint density at radius 1 is 0.950 bits per heavy atom. The zero-order valence-electron chi connectivity index (χ0n) is 21.6. The van der Waals surface area contributed by atoms with Crippen molar-refractivity contribution in [1.82, 2.24) is 0 Å². The number of benzene rings is 3. The number of nitrogens with one attached hydrogen (secondary N) is 1. The number of anilines is 2. The lowest BCUT2D eigenvalue weighted by atomic mass is 9.90. The van der Waals surface area contributed by atoms with Gasteiger partial charge in [0.25, 0.3) is 10.0 Å². The molecule has 0 saturated carbocycles. The molecule has 0 unspecified atom stereocenters. The van der Waals surface area contributed by atoms with E-state index in [1.165, 1.54) is 17.7 Å². The van der Waals surface area contributed by atoms with Gasteiger partial charge in [-0.05, 0) is 73.6 Å². The van der Waals surface area contributed by atoms with Crippen LogP contribution in [0.2, 0.25) is 0 Å². The highest BCUT2D eigenvalue weighted by molar-refractivity contribution is 7.92. The van der Waals surface area contributed by atoms with Crippen LogP contribution in [0.25, 0.3) is 0 Å². The molecule has 0 amide bonds. The van der Waals surface area contributed by atoms with Gasteiger partial charge < -0.3 is 15.1 Å². The number of rotatable bonds is 7. The summed E-state index contributed by atoms with van der Waals surface area (Å²) < 4.78 is 59.7. The van der Waals surface area contributed by atoms with Crippen LogP contribution in [0.15, 0.2) is 77.7 Å². The van der Waals surface area contributed by atoms with Crippen LogP contribution in [0.1, 0.15) is 34.3 Å². The summed E-state index contributed by atoms with van der Waals surface area (Å²) in [7, 11) is -3.81. The average molecular weight is 579 g/mol. The average Bonchev–Trinajstić information content (AvgIpc) is 2.89. The van der Waals surface area contributed by atoms with Gasteiger partial charge in [-0.3, -0.25) is 4.72 Å². The van der Waals surface area contributed by atoms with E-state index in [-0.39, 0.29) is 16.1 Å². The van der Waals surface area contributed by atoms with Crippen molar-refractivity contribution in [3.8, 4) is 0 Å². The van der Waals surface area contributed by atoms with E-state index >= 15 is 0 Å². The summed E-state index contributed by atoms with van der Waals surface area (Å²) in [6, 6.07) is 21.7. The highest BCUT2D eigenvalue weighted by Crippen LogP contribution is 2.31. The standard InChI is InChI=1S/C26H28N2O4S.C2HF3O2/c1-19-6-5-9-23(16-19)33(31,32)27-22-10-11-25(24(18-22)26(29)30)28-14-12-21(13-15-28)17-20-7-3-2-4-8-20;3-2(4,5)1(6)7/h2-11,16,18,21,27H,12-15,17H2,1H3,(H,29,30);(H,6,7). The van der Waals surface area contributed by atoms with E-state index in [1.54, 1.807) is 24.3 Å². The van der Waals surface area contributed by atoms with Crippen LogP contribution in [0.4, 0.5) is 24.5 Å². The molecule has 214 valence electrons. The smallest absolute Gasteiger partial charge is 0.478 e. The van der Waals surface area contributed by atoms with Gasteiger partial charge in [-0.1, -0.05) is 42.5 Å². The van der Waals surface area contributed by atoms with Gasteiger partial charge in [0, 0.05) is 18.8 Å². The fourth-order valence-electron chi connectivity index (χ4n) is 4.37. The van der Waals surface area contributed by atoms with Crippen molar-refractivity contribution in [3.63, 3.8) is 0 Å². The molecule has 3 aromatic rings. The quantitative estimate of drug-likeness (QED) is 0.334. The highest BCUT2D eigenvalue weighted by atomic mass is 32.2. The van der Waals surface area contributed by atoms with Crippen molar-refractivity contribution in [1.29, 1.82) is 0 Å². The maximum Gasteiger partial charge on any atom is 0.490 e. The SMILES string of the molecule is Cc1cccc(S(=O)(=O)Nc2ccc(N3CCC(Cc4ccccc4)CC3)c(C(=O)O)c2)c1.O=C(O)C(F)(F)F. The van der Waals surface area contributed by atoms with Crippen molar-refractivity contribution < 1.29 is 41.4 Å². The van der Waals surface area contributed by atoms with Gasteiger partial charge in [0.1, 0.15) is 0 Å². The van der Waals surface area contributed by atoms with Crippen LogP contribution in [0.5, 0.6) is 0 Å². The molecule has 1 saturated heterocycles. The Morgan fingerprint density at radius 3 is 2.12 bits per heavy atom. The Labute approximate surface area is 230 Å². The van der Waals surface area contributed by atoms with Gasteiger partial charge in [-0.15, -0.1) is 0 Å². The Morgan fingerprint density at radius 2 is 1.57 bits per heavy atom. The minimum absolute atomic E-state index is 0.0981. The molecule has 3 aromatic carbocycles. The topological polar surface area (TPSA) is 124 Å². The van der Waals surface area contributed by atoms with Gasteiger partial charge in [0.15, 0.2) is 0 Å². The van der Waals surface area contributed by atoms with Crippen LogP contribution in [0.3, 0.4) is 0 Å². The normalized spacial score (nSPS) is 14.2. The van der Waals surface area contributed by atoms with Crippen LogP contribution in [0, 0.1) is 12.8 Å². The van der Waals surface area contributed by atoms with Crippen molar-refractivity contribution >= 4 is 33.3 Å². The van der Waals surface area contributed by atoms with Crippen LogP contribution >= 0.6 is 0 Å². The minimum Gasteiger partial charge on any atom is -0.478 e. The van der Waals surface area contributed by atoms with E-state index in [0.29, 0.717) is 11.6 Å². The molecule has 0 bridgehead atoms. The maximum atomic E-state index is 12.7. The third-order valence-electron chi connectivity index (χ3n) is 6.34. The third-order valence-corrected chi connectivity index (χ3v) is 7.72. The lowest BCUT2D eigenvalue weighted by Gasteiger charge is -2.34. The number of carbonyl (C=O) groups is 2. The van der Waals surface area contributed by atoms with E-state index in [2.05, 4.69) is 33.9 Å². The molecular weight excluding hydrogens is 549 g/mol. The van der Waals surface area contributed by atoms with E-state index in [9.17, 15) is 31.5 Å². The largest absolute Gasteiger partial charge is 0.490 e. The molecule has 12 heteroatoms. The number of nitrogens with zero attached hydrogens (tertiary/aromatic N) is 1. The summed E-state index contributed by atoms with van der Waals surface area (Å²) in [5.74, 6) is -3.27. The molecule has 8 nitrogen and oxygen atoms in total. The van der Waals surface area contributed by atoms with E-state index < -0.39 is 28.1 Å². The lowest BCUT2D eigenvalue weighted by Crippen LogP contribution is -2.35. The van der Waals surface area contributed by atoms with E-state index in [1.807, 2.05) is 19.1 Å². The Kier molecular flexibility index (Phi) is 9.80. The first-order valence-electron chi connectivity index (χ1n) is 12.3. The molecule has 1 heterocycles. The Bertz CT molecular complexity index is 1440. The van der Waals surface area contributed by atoms with Gasteiger partial charge in [0.2, 0.25) is 0 Å². The number of hydrogen-bond acceptors (Lipinski definition) is 5. The maximum absolute atomic E-state index is 12.7. The van der Waals surface area contributed by atoms with Crippen molar-refractivity contribution in [2.24, 2.45) is 5.92 Å². The summed E-state index contributed by atoms with van der Waals surface area (Å²) in [6.07, 6.45) is -2.09. The molecule has 1 aliphatic heterocycles. The number of piperidine rings is 1. The van der Waals surface area contributed by atoms with Crippen molar-refractivity contribution in [2.45, 2.75) is 37.3 Å². The Hall–Kier alpha value is -4.06. The summed E-state index contributed by atoms with van der Waals surface area (Å²) in [4.78, 5) is 23.1. The number of carboxylic acids is 2. The van der Waals surface area contributed by atoms with Crippen molar-refractivity contribution in [3.05, 3.63) is 89.5 Å². The summed E-state index contributed by atoms with van der Waals surface area (Å²) in [6.45, 7) is 3.36. The number of carboxylic acid groups (broad SMARTS) is 2. The molecule has 0 spiro atoms. The summed E-state index contributed by atoms with van der Waals surface area (Å²) >= 11 is 0. The van der Waals surface area contributed by atoms with Gasteiger partial charge in [-0.25, -0.2) is 18.0 Å². The number of alkyl halides is 3. The fraction of sp³-hybridized carbons (Fsp3) is 0.286. The van der Waals surface area contributed by atoms with Gasteiger partial charge in [0.05, 0.1) is 16.1 Å². The molecule has 40 heavy (non-hydrogen) atoms. The zero-order chi connectivity index (χ0) is 29.5. The molecule has 1 fully saturated rings. The number of halogens is 3. The monoisotopic (exact) mass is 578 g/mol. The second-order valence-corrected chi connectivity index (χ2v) is 11.1. The summed E-state index contributed by atoms with van der Waals surface area (Å²) in [5, 5.41) is 16.9. The Balaban J connectivity index is 0.000000559. The molecule has 1 aliphatic rings. The number of aryl methyl sites for hydroxylation is 1. The number of aromatic carboxylic acids is 1. The first kappa shape index (κ1) is 30.5. The van der Waals surface area contributed by atoms with Gasteiger partial charge >= 0.3 is 18.1 Å². The minimum atomic E-state index is -5.08. The molecule has 0 atom stereocenters. The van der Waals surface area contributed by atoms with Crippen LogP contribution < -0.4 is 9.62 Å². The number of aliphatic carboxylic acids is 1. The highest BCUT2D eigenvalue weighted by Gasteiger charge is 2.38. The first-order chi connectivity index (χ1) is 18.8. The second kappa shape index (κ2) is 12.9. The number of hydrogen-bond donors (Lipinski definition) is 3. The summed E-state index contributed by atoms with van der Waals surface area (Å²) in [5.41, 5.74) is 3.11. The zero-order valence-corrected chi connectivity index (χ0v) is 22.4.